The molecular weight excluding hydrogens is 326 g/mol. The molecule has 1 saturated carbocycles. The number of hydrogen-bond donors (Lipinski definition) is 0. The molecule has 1 aromatic heterocycles. The van der Waals surface area contributed by atoms with Crippen LogP contribution in [0.3, 0.4) is 0 Å². The molecule has 0 radical (unpaired) electrons. The number of rotatable bonds is 3. The summed E-state index contributed by atoms with van der Waals surface area (Å²) in [5, 5.41) is 5.23. The summed E-state index contributed by atoms with van der Waals surface area (Å²) in [7, 11) is 0. The first-order chi connectivity index (χ1) is 11.6. The minimum atomic E-state index is 0.0599. The average molecular weight is 346 g/mol. The van der Waals surface area contributed by atoms with E-state index in [0.717, 1.165) is 35.3 Å². The van der Waals surface area contributed by atoms with E-state index in [0.29, 0.717) is 37.2 Å². The summed E-state index contributed by atoms with van der Waals surface area (Å²) in [5.41, 5.74) is 3.68. The number of benzene rings is 1. The summed E-state index contributed by atoms with van der Waals surface area (Å²) in [4.78, 5) is 14.8. The third-order valence-electron chi connectivity index (χ3n) is 4.70. The van der Waals surface area contributed by atoms with Gasteiger partial charge in [-0.25, -0.2) is 4.68 Å². The zero-order valence-electron chi connectivity index (χ0n) is 13.7. The summed E-state index contributed by atoms with van der Waals surface area (Å²) >= 11 is 6.27. The van der Waals surface area contributed by atoms with E-state index < -0.39 is 0 Å². The van der Waals surface area contributed by atoms with Crippen LogP contribution in [0.2, 0.25) is 5.02 Å². The Balaban J connectivity index is 1.72. The number of halogens is 1. The van der Waals surface area contributed by atoms with Crippen LogP contribution in [0.4, 0.5) is 0 Å². The predicted molar refractivity (Wildman–Crippen MR) is 92.0 cm³/mol. The smallest absolute Gasteiger partial charge is 0.257 e. The van der Waals surface area contributed by atoms with Crippen LogP contribution in [0, 0.1) is 6.92 Å². The third-order valence-corrected chi connectivity index (χ3v) is 5.11. The highest BCUT2D eigenvalue weighted by Crippen LogP contribution is 2.43. The van der Waals surface area contributed by atoms with E-state index in [2.05, 4.69) is 5.10 Å². The molecule has 0 spiro atoms. The molecule has 1 amide bonds. The number of aromatic nitrogens is 2. The molecule has 2 aromatic rings. The first-order valence-corrected chi connectivity index (χ1v) is 8.74. The summed E-state index contributed by atoms with van der Waals surface area (Å²) < 4.78 is 7.23. The van der Waals surface area contributed by atoms with Gasteiger partial charge in [0.25, 0.3) is 5.91 Å². The third kappa shape index (κ3) is 2.82. The van der Waals surface area contributed by atoms with E-state index in [-0.39, 0.29) is 5.91 Å². The molecule has 24 heavy (non-hydrogen) atoms. The van der Waals surface area contributed by atoms with E-state index in [4.69, 9.17) is 16.3 Å². The van der Waals surface area contributed by atoms with Gasteiger partial charge in [0.15, 0.2) is 0 Å². The van der Waals surface area contributed by atoms with E-state index in [1.807, 2.05) is 34.7 Å². The Morgan fingerprint density at radius 3 is 2.71 bits per heavy atom. The van der Waals surface area contributed by atoms with Crippen molar-refractivity contribution in [3.63, 3.8) is 0 Å². The van der Waals surface area contributed by atoms with Gasteiger partial charge in [0.05, 0.1) is 36.4 Å². The van der Waals surface area contributed by atoms with Crippen molar-refractivity contribution in [2.24, 2.45) is 0 Å². The van der Waals surface area contributed by atoms with Gasteiger partial charge in [0.2, 0.25) is 0 Å². The second-order valence-electron chi connectivity index (χ2n) is 6.47. The van der Waals surface area contributed by atoms with Crippen LogP contribution in [0.1, 0.15) is 40.4 Å². The fraction of sp³-hybridized carbons (Fsp3) is 0.444. The Bertz CT molecular complexity index is 777. The minimum Gasteiger partial charge on any atom is -0.378 e. The SMILES string of the molecule is Cc1ccc(-n2ncc(C(=O)N3CCOCC3)c2C2CC2)cc1Cl. The van der Waals surface area contributed by atoms with E-state index in [9.17, 15) is 4.79 Å². The molecule has 0 bridgehead atoms. The van der Waals surface area contributed by atoms with Crippen molar-refractivity contribution in [3.05, 3.63) is 46.2 Å². The number of hydrogen-bond acceptors (Lipinski definition) is 3. The Morgan fingerprint density at radius 1 is 1.29 bits per heavy atom. The van der Waals surface area contributed by atoms with Crippen molar-refractivity contribution >= 4 is 17.5 Å². The molecule has 0 atom stereocenters. The van der Waals surface area contributed by atoms with Crippen molar-refractivity contribution in [1.29, 1.82) is 0 Å². The summed E-state index contributed by atoms with van der Waals surface area (Å²) in [5.74, 6) is 0.470. The first-order valence-electron chi connectivity index (χ1n) is 8.36. The van der Waals surface area contributed by atoms with Gasteiger partial charge in [0, 0.05) is 24.0 Å². The van der Waals surface area contributed by atoms with Crippen LogP contribution >= 0.6 is 11.6 Å². The van der Waals surface area contributed by atoms with Crippen molar-refractivity contribution in [1.82, 2.24) is 14.7 Å². The lowest BCUT2D eigenvalue weighted by atomic mass is 10.1. The maximum atomic E-state index is 12.9. The zero-order chi connectivity index (χ0) is 16.7. The number of carbonyl (C=O) groups excluding carboxylic acids is 1. The van der Waals surface area contributed by atoms with E-state index in [1.54, 1.807) is 6.20 Å². The van der Waals surface area contributed by atoms with Crippen molar-refractivity contribution < 1.29 is 9.53 Å². The number of aryl methyl sites for hydroxylation is 1. The first kappa shape index (κ1) is 15.7. The summed E-state index contributed by atoms with van der Waals surface area (Å²) in [6.45, 7) is 4.47. The van der Waals surface area contributed by atoms with Crippen LogP contribution in [-0.4, -0.2) is 46.9 Å². The van der Waals surface area contributed by atoms with E-state index in [1.165, 1.54) is 0 Å². The quantitative estimate of drug-likeness (QED) is 0.858. The van der Waals surface area contributed by atoms with Crippen molar-refractivity contribution in [3.8, 4) is 5.69 Å². The molecule has 2 aliphatic rings. The second kappa shape index (κ2) is 6.22. The molecule has 1 saturated heterocycles. The lowest BCUT2D eigenvalue weighted by molar-refractivity contribution is 0.0302. The standard InChI is InChI=1S/C18H20ClN3O2/c1-12-2-5-14(10-16(12)19)22-17(13-3-4-13)15(11-20-22)18(23)21-6-8-24-9-7-21/h2,5,10-11,13H,3-4,6-9H2,1H3. The Labute approximate surface area is 146 Å². The summed E-state index contributed by atoms with van der Waals surface area (Å²) in [6, 6.07) is 5.90. The van der Waals surface area contributed by atoms with Gasteiger partial charge in [-0.2, -0.15) is 5.10 Å². The number of morpholine rings is 1. The molecule has 2 heterocycles. The molecule has 2 fully saturated rings. The minimum absolute atomic E-state index is 0.0599. The van der Waals surface area contributed by atoms with Crippen LogP contribution in [0.5, 0.6) is 0 Å². The molecule has 5 nitrogen and oxygen atoms in total. The highest BCUT2D eigenvalue weighted by molar-refractivity contribution is 6.31. The topological polar surface area (TPSA) is 47.4 Å². The summed E-state index contributed by atoms with van der Waals surface area (Å²) in [6.07, 6.45) is 3.92. The Kier molecular flexibility index (Phi) is 4.06. The largest absolute Gasteiger partial charge is 0.378 e. The molecule has 6 heteroatoms. The maximum absolute atomic E-state index is 12.9. The molecular formula is C18H20ClN3O2. The number of nitrogens with zero attached hydrogens (tertiary/aromatic N) is 3. The molecule has 1 aliphatic heterocycles. The molecule has 0 N–H and O–H groups in total. The molecule has 126 valence electrons. The average Bonchev–Trinajstić information content (AvgIpc) is 3.36. The highest BCUT2D eigenvalue weighted by atomic mass is 35.5. The van der Waals surface area contributed by atoms with Crippen molar-refractivity contribution in [2.45, 2.75) is 25.7 Å². The van der Waals surface area contributed by atoms with Crippen LogP contribution in [0.25, 0.3) is 5.69 Å². The van der Waals surface area contributed by atoms with Crippen LogP contribution in [0.15, 0.2) is 24.4 Å². The van der Waals surface area contributed by atoms with Crippen molar-refractivity contribution in [2.75, 3.05) is 26.3 Å². The van der Waals surface area contributed by atoms with Gasteiger partial charge in [-0.3, -0.25) is 4.79 Å². The monoisotopic (exact) mass is 345 g/mol. The van der Waals surface area contributed by atoms with Crippen LogP contribution in [-0.2, 0) is 4.74 Å². The Morgan fingerprint density at radius 2 is 2.04 bits per heavy atom. The van der Waals surface area contributed by atoms with E-state index >= 15 is 0 Å². The van der Waals surface area contributed by atoms with Gasteiger partial charge in [-0.15, -0.1) is 0 Å². The zero-order valence-corrected chi connectivity index (χ0v) is 14.4. The molecule has 0 unspecified atom stereocenters. The fourth-order valence-electron chi connectivity index (χ4n) is 3.13. The lowest BCUT2D eigenvalue weighted by Crippen LogP contribution is -2.40. The van der Waals surface area contributed by atoms with Gasteiger partial charge >= 0.3 is 0 Å². The van der Waals surface area contributed by atoms with Gasteiger partial charge in [-0.05, 0) is 37.5 Å². The van der Waals surface area contributed by atoms with Crippen LogP contribution < -0.4 is 0 Å². The number of ether oxygens (including phenoxy) is 1. The molecule has 1 aromatic carbocycles. The predicted octanol–water partition coefficient (Wildman–Crippen LogP) is 3.18. The van der Waals surface area contributed by atoms with Gasteiger partial charge < -0.3 is 9.64 Å². The molecule has 1 aliphatic carbocycles. The van der Waals surface area contributed by atoms with Gasteiger partial charge in [0.1, 0.15) is 0 Å². The fourth-order valence-corrected chi connectivity index (χ4v) is 3.30. The second-order valence-corrected chi connectivity index (χ2v) is 6.87. The maximum Gasteiger partial charge on any atom is 0.257 e. The van der Waals surface area contributed by atoms with Gasteiger partial charge in [-0.1, -0.05) is 17.7 Å². The lowest BCUT2D eigenvalue weighted by Gasteiger charge is -2.26. The highest BCUT2D eigenvalue weighted by Gasteiger charge is 2.34. The number of carbonyl (C=O) groups is 1. The Hall–Kier alpha value is -1.85. The number of amides is 1. The molecule has 4 rings (SSSR count). The normalized spacial score (nSPS) is 18.0.